The highest BCUT2D eigenvalue weighted by atomic mass is 32.2. The zero-order chi connectivity index (χ0) is 16.2. The average molecular weight is 324 g/mol. The van der Waals surface area contributed by atoms with Crippen LogP contribution in [0.3, 0.4) is 0 Å². The summed E-state index contributed by atoms with van der Waals surface area (Å²) in [4.78, 5) is 13.6. The van der Waals surface area contributed by atoms with Crippen molar-refractivity contribution in [2.75, 3.05) is 26.2 Å². The Labute approximate surface area is 133 Å². The summed E-state index contributed by atoms with van der Waals surface area (Å²) < 4.78 is 26.6. The van der Waals surface area contributed by atoms with Gasteiger partial charge in [0.15, 0.2) is 0 Å². The Hall–Kier alpha value is -1.40. The van der Waals surface area contributed by atoms with Crippen LogP contribution >= 0.6 is 0 Å². The molecule has 5 nitrogen and oxygen atoms in total. The molecule has 1 aromatic rings. The standard InChI is InChI=1S/C16H24N2O3S/c1-3-6-16(19)17-9-11-18(12-10-17)22(20,21)13-15-8-5-4-7-14(15)2/h4-5,7-8H,3,6,9-13H2,1-2H3. The van der Waals surface area contributed by atoms with E-state index in [9.17, 15) is 13.2 Å². The number of rotatable bonds is 5. The van der Waals surface area contributed by atoms with Crippen molar-refractivity contribution in [3.8, 4) is 0 Å². The number of hydrogen-bond acceptors (Lipinski definition) is 3. The van der Waals surface area contributed by atoms with Gasteiger partial charge < -0.3 is 4.90 Å². The molecule has 0 atom stereocenters. The molecule has 2 rings (SSSR count). The minimum atomic E-state index is -3.32. The van der Waals surface area contributed by atoms with E-state index in [0.717, 1.165) is 17.5 Å². The van der Waals surface area contributed by atoms with Crippen LogP contribution < -0.4 is 0 Å². The van der Waals surface area contributed by atoms with E-state index in [1.807, 2.05) is 38.1 Å². The van der Waals surface area contributed by atoms with Gasteiger partial charge in [-0.2, -0.15) is 4.31 Å². The molecule has 0 radical (unpaired) electrons. The highest BCUT2D eigenvalue weighted by Crippen LogP contribution is 2.16. The van der Waals surface area contributed by atoms with Crippen LogP contribution in [0.15, 0.2) is 24.3 Å². The van der Waals surface area contributed by atoms with Crippen molar-refractivity contribution in [2.24, 2.45) is 0 Å². The van der Waals surface area contributed by atoms with Gasteiger partial charge in [0.25, 0.3) is 0 Å². The predicted molar refractivity (Wildman–Crippen MR) is 86.9 cm³/mol. The first-order valence-corrected chi connectivity index (χ1v) is 9.35. The molecule has 22 heavy (non-hydrogen) atoms. The molecule has 1 aliphatic heterocycles. The molecule has 0 saturated carbocycles. The fourth-order valence-corrected chi connectivity index (χ4v) is 4.27. The molecule has 1 aromatic carbocycles. The summed E-state index contributed by atoms with van der Waals surface area (Å²) in [6, 6.07) is 7.54. The van der Waals surface area contributed by atoms with Crippen molar-refractivity contribution >= 4 is 15.9 Å². The SMILES string of the molecule is CCCC(=O)N1CCN(S(=O)(=O)Cc2ccccc2C)CC1. The molecule has 1 aliphatic rings. The highest BCUT2D eigenvalue weighted by molar-refractivity contribution is 7.88. The molecule has 6 heteroatoms. The van der Waals surface area contributed by atoms with E-state index in [0.29, 0.717) is 32.6 Å². The minimum Gasteiger partial charge on any atom is -0.340 e. The van der Waals surface area contributed by atoms with Gasteiger partial charge >= 0.3 is 0 Å². The summed E-state index contributed by atoms with van der Waals surface area (Å²) in [5.74, 6) is 0.154. The number of hydrogen-bond donors (Lipinski definition) is 0. The van der Waals surface area contributed by atoms with Gasteiger partial charge in [0, 0.05) is 32.6 Å². The first kappa shape index (κ1) is 17.0. The van der Waals surface area contributed by atoms with E-state index in [-0.39, 0.29) is 11.7 Å². The summed E-state index contributed by atoms with van der Waals surface area (Å²) in [5.41, 5.74) is 1.83. The monoisotopic (exact) mass is 324 g/mol. The van der Waals surface area contributed by atoms with E-state index < -0.39 is 10.0 Å². The van der Waals surface area contributed by atoms with Crippen molar-refractivity contribution in [3.05, 3.63) is 35.4 Å². The van der Waals surface area contributed by atoms with Crippen LogP contribution in [0.4, 0.5) is 0 Å². The van der Waals surface area contributed by atoms with Crippen LogP contribution in [0.5, 0.6) is 0 Å². The lowest BCUT2D eigenvalue weighted by Crippen LogP contribution is -2.50. The number of carbonyl (C=O) groups excluding carboxylic acids is 1. The van der Waals surface area contributed by atoms with Crippen molar-refractivity contribution in [1.82, 2.24) is 9.21 Å². The van der Waals surface area contributed by atoms with Crippen LogP contribution in [0, 0.1) is 6.92 Å². The molecule has 0 bridgehead atoms. The highest BCUT2D eigenvalue weighted by Gasteiger charge is 2.28. The Morgan fingerprint density at radius 2 is 1.77 bits per heavy atom. The van der Waals surface area contributed by atoms with E-state index >= 15 is 0 Å². The van der Waals surface area contributed by atoms with Gasteiger partial charge in [-0.1, -0.05) is 31.2 Å². The third kappa shape index (κ3) is 4.08. The molecule has 0 N–H and O–H groups in total. The van der Waals surface area contributed by atoms with Crippen LogP contribution in [-0.2, 0) is 20.6 Å². The molecule has 1 amide bonds. The first-order valence-electron chi connectivity index (χ1n) is 7.74. The summed E-state index contributed by atoms with van der Waals surface area (Å²) >= 11 is 0. The zero-order valence-electron chi connectivity index (χ0n) is 13.3. The van der Waals surface area contributed by atoms with Crippen molar-refractivity contribution < 1.29 is 13.2 Å². The fourth-order valence-electron chi connectivity index (χ4n) is 2.65. The van der Waals surface area contributed by atoms with Crippen LogP contribution in [-0.4, -0.2) is 49.7 Å². The van der Waals surface area contributed by atoms with Crippen LogP contribution in [0.25, 0.3) is 0 Å². The molecule has 1 fully saturated rings. The Morgan fingerprint density at radius 3 is 2.36 bits per heavy atom. The smallest absolute Gasteiger partial charge is 0.222 e. The lowest BCUT2D eigenvalue weighted by Gasteiger charge is -2.34. The van der Waals surface area contributed by atoms with E-state index in [1.165, 1.54) is 4.31 Å². The lowest BCUT2D eigenvalue weighted by molar-refractivity contribution is -0.132. The number of carbonyl (C=O) groups is 1. The summed E-state index contributed by atoms with van der Waals surface area (Å²) in [5, 5.41) is 0. The van der Waals surface area contributed by atoms with Gasteiger partial charge in [-0.25, -0.2) is 8.42 Å². The maximum atomic E-state index is 12.5. The first-order chi connectivity index (χ1) is 10.4. The Kier molecular flexibility index (Phi) is 5.58. The summed E-state index contributed by atoms with van der Waals surface area (Å²) in [6.07, 6.45) is 1.36. The number of benzene rings is 1. The van der Waals surface area contributed by atoms with Crippen molar-refractivity contribution in [2.45, 2.75) is 32.4 Å². The van der Waals surface area contributed by atoms with Gasteiger partial charge in [-0.3, -0.25) is 4.79 Å². The molecule has 1 heterocycles. The summed E-state index contributed by atoms with van der Waals surface area (Å²) in [6.45, 7) is 5.66. The quantitative estimate of drug-likeness (QED) is 0.829. The average Bonchev–Trinajstić information content (AvgIpc) is 2.50. The Balaban J connectivity index is 1.98. The van der Waals surface area contributed by atoms with Crippen molar-refractivity contribution in [3.63, 3.8) is 0 Å². The molecule has 1 saturated heterocycles. The van der Waals surface area contributed by atoms with E-state index in [4.69, 9.17) is 0 Å². The van der Waals surface area contributed by atoms with Gasteiger partial charge in [-0.05, 0) is 24.5 Å². The molecular formula is C16H24N2O3S. The number of nitrogens with zero attached hydrogens (tertiary/aromatic N) is 2. The number of piperazine rings is 1. The molecule has 0 spiro atoms. The maximum Gasteiger partial charge on any atom is 0.222 e. The lowest BCUT2D eigenvalue weighted by atomic mass is 10.1. The zero-order valence-corrected chi connectivity index (χ0v) is 14.1. The molecule has 0 aromatic heterocycles. The van der Waals surface area contributed by atoms with Gasteiger partial charge in [0.2, 0.25) is 15.9 Å². The molecule has 0 aliphatic carbocycles. The third-order valence-electron chi connectivity index (χ3n) is 4.05. The van der Waals surface area contributed by atoms with Crippen LogP contribution in [0.1, 0.15) is 30.9 Å². The van der Waals surface area contributed by atoms with Gasteiger partial charge in [0.1, 0.15) is 0 Å². The normalized spacial score (nSPS) is 16.7. The van der Waals surface area contributed by atoms with Gasteiger partial charge in [-0.15, -0.1) is 0 Å². The number of aryl methyl sites for hydroxylation is 1. The van der Waals surface area contributed by atoms with Gasteiger partial charge in [0.05, 0.1) is 5.75 Å². The predicted octanol–water partition coefficient (Wildman–Crippen LogP) is 1.77. The Morgan fingerprint density at radius 1 is 1.14 bits per heavy atom. The molecule has 0 unspecified atom stereocenters. The van der Waals surface area contributed by atoms with E-state index in [2.05, 4.69) is 0 Å². The van der Waals surface area contributed by atoms with E-state index in [1.54, 1.807) is 4.90 Å². The summed E-state index contributed by atoms with van der Waals surface area (Å²) in [7, 11) is -3.32. The maximum absolute atomic E-state index is 12.5. The third-order valence-corrected chi connectivity index (χ3v) is 5.88. The number of sulfonamides is 1. The second-order valence-corrected chi connectivity index (χ2v) is 7.68. The molecule has 122 valence electrons. The second-order valence-electron chi connectivity index (χ2n) is 5.71. The minimum absolute atomic E-state index is 0.0303. The fraction of sp³-hybridized carbons (Fsp3) is 0.562. The number of amides is 1. The second kappa shape index (κ2) is 7.24. The largest absolute Gasteiger partial charge is 0.340 e. The van der Waals surface area contributed by atoms with Crippen LogP contribution in [0.2, 0.25) is 0 Å². The molecular weight excluding hydrogens is 300 g/mol. The Bertz CT molecular complexity index is 620. The van der Waals surface area contributed by atoms with Crippen molar-refractivity contribution in [1.29, 1.82) is 0 Å². The topological polar surface area (TPSA) is 57.7 Å².